The minimum atomic E-state index is 0.0205. The van der Waals surface area contributed by atoms with Gasteiger partial charge in [0.05, 0.1) is 11.4 Å². The molecule has 2 aromatic carbocycles. The lowest BCUT2D eigenvalue weighted by molar-refractivity contribution is 0.0784. The number of carbonyl (C=O) groups excluding carboxylic acids is 1. The molecule has 25 heavy (non-hydrogen) atoms. The lowest BCUT2D eigenvalue weighted by Crippen LogP contribution is -2.29. The highest BCUT2D eigenvalue weighted by Gasteiger charge is 2.24. The number of amides is 1. The van der Waals surface area contributed by atoms with E-state index in [1.807, 2.05) is 65.6 Å². The summed E-state index contributed by atoms with van der Waals surface area (Å²) < 4.78 is 1.70. The molecular weight excluding hydrogens is 334 g/mol. The predicted octanol–water partition coefficient (Wildman–Crippen LogP) is 4.43. The Morgan fingerprint density at radius 3 is 2.44 bits per heavy atom. The van der Waals surface area contributed by atoms with E-state index in [4.69, 9.17) is 16.7 Å². The van der Waals surface area contributed by atoms with Gasteiger partial charge >= 0.3 is 0 Å². The maximum atomic E-state index is 13.0. The highest BCUT2D eigenvalue weighted by Crippen LogP contribution is 2.24. The molecule has 4 rings (SSSR count). The first-order chi connectivity index (χ1) is 12.2. The molecule has 4 nitrogen and oxygen atoms in total. The van der Waals surface area contributed by atoms with E-state index in [9.17, 15) is 4.79 Å². The number of hydrogen-bond donors (Lipinski definition) is 0. The van der Waals surface area contributed by atoms with Crippen molar-refractivity contribution in [1.29, 1.82) is 0 Å². The van der Waals surface area contributed by atoms with Crippen molar-refractivity contribution >= 4 is 17.5 Å². The molecule has 1 aromatic heterocycles. The van der Waals surface area contributed by atoms with E-state index in [0.717, 1.165) is 42.9 Å². The smallest absolute Gasteiger partial charge is 0.272 e. The molecule has 1 fully saturated rings. The van der Waals surface area contributed by atoms with E-state index in [1.54, 1.807) is 4.68 Å². The van der Waals surface area contributed by atoms with Gasteiger partial charge < -0.3 is 4.90 Å². The fourth-order valence-corrected chi connectivity index (χ4v) is 3.35. The second-order valence-corrected chi connectivity index (χ2v) is 6.61. The number of halogens is 1. The van der Waals surface area contributed by atoms with Crippen LogP contribution in [0.3, 0.4) is 0 Å². The zero-order valence-electron chi connectivity index (χ0n) is 13.7. The molecule has 0 spiro atoms. The van der Waals surface area contributed by atoms with Gasteiger partial charge in [-0.15, -0.1) is 0 Å². The van der Waals surface area contributed by atoms with E-state index < -0.39 is 0 Å². The first-order valence-electron chi connectivity index (χ1n) is 8.43. The number of nitrogens with zero attached hydrogens (tertiary/aromatic N) is 3. The Kier molecular flexibility index (Phi) is 4.28. The third-order valence-electron chi connectivity index (χ3n) is 4.44. The minimum Gasteiger partial charge on any atom is -0.337 e. The summed E-state index contributed by atoms with van der Waals surface area (Å²) in [7, 11) is 0. The monoisotopic (exact) mass is 351 g/mol. The van der Waals surface area contributed by atoms with E-state index in [1.165, 1.54) is 0 Å². The van der Waals surface area contributed by atoms with Crippen molar-refractivity contribution in [3.05, 3.63) is 71.4 Å². The second-order valence-electron chi connectivity index (χ2n) is 6.17. The second kappa shape index (κ2) is 6.73. The number of rotatable bonds is 3. The lowest BCUT2D eigenvalue weighted by Gasteiger charge is -2.16. The zero-order chi connectivity index (χ0) is 17.2. The van der Waals surface area contributed by atoms with Crippen LogP contribution in [0, 0.1) is 0 Å². The number of aromatic nitrogens is 2. The van der Waals surface area contributed by atoms with Gasteiger partial charge in [-0.25, -0.2) is 4.68 Å². The van der Waals surface area contributed by atoms with Crippen LogP contribution in [0.4, 0.5) is 0 Å². The molecule has 0 saturated carbocycles. The first kappa shape index (κ1) is 15.9. The summed E-state index contributed by atoms with van der Waals surface area (Å²) in [5.41, 5.74) is 3.13. The molecule has 0 bridgehead atoms. The molecule has 1 saturated heterocycles. The van der Waals surface area contributed by atoms with E-state index in [2.05, 4.69) is 0 Å². The maximum absolute atomic E-state index is 13.0. The van der Waals surface area contributed by atoms with E-state index >= 15 is 0 Å². The number of hydrogen-bond acceptors (Lipinski definition) is 2. The summed E-state index contributed by atoms with van der Waals surface area (Å²) in [5.74, 6) is 0.0205. The van der Waals surface area contributed by atoms with Crippen LogP contribution in [0.15, 0.2) is 60.7 Å². The number of likely N-dealkylation sites (tertiary alicyclic amines) is 1. The van der Waals surface area contributed by atoms with Crippen molar-refractivity contribution < 1.29 is 4.79 Å². The summed E-state index contributed by atoms with van der Waals surface area (Å²) >= 11 is 6.14. The Morgan fingerprint density at radius 2 is 1.72 bits per heavy atom. The van der Waals surface area contributed by atoms with Crippen molar-refractivity contribution in [2.45, 2.75) is 12.8 Å². The van der Waals surface area contributed by atoms with Crippen LogP contribution in [0.1, 0.15) is 23.3 Å². The molecule has 0 atom stereocenters. The van der Waals surface area contributed by atoms with Gasteiger partial charge in [0.2, 0.25) is 0 Å². The van der Waals surface area contributed by atoms with Gasteiger partial charge in [-0.05, 0) is 37.1 Å². The van der Waals surface area contributed by atoms with Gasteiger partial charge in [0.1, 0.15) is 5.69 Å². The first-order valence-corrected chi connectivity index (χ1v) is 8.81. The largest absolute Gasteiger partial charge is 0.337 e. The van der Waals surface area contributed by atoms with Gasteiger partial charge in [0.15, 0.2) is 0 Å². The standard InChI is InChI=1S/C20H18ClN3O/c21-16-9-6-10-17(13-16)24-19(20(25)23-11-4-5-12-23)14-18(22-24)15-7-2-1-3-8-15/h1-3,6-10,13-14H,4-5,11-12H2. The molecule has 126 valence electrons. The molecule has 0 N–H and O–H groups in total. The fraction of sp³-hybridized carbons (Fsp3) is 0.200. The van der Waals surface area contributed by atoms with Crippen LogP contribution in [-0.2, 0) is 0 Å². The normalized spacial score (nSPS) is 14.0. The van der Waals surface area contributed by atoms with Crippen LogP contribution in [-0.4, -0.2) is 33.7 Å². The van der Waals surface area contributed by atoms with Crippen LogP contribution in [0.5, 0.6) is 0 Å². The summed E-state index contributed by atoms with van der Waals surface area (Å²) in [5, 5.41) is 5.31. The molecule has 3 aromatic rings. The average Bonchev–Trinajstić information content (AvgIpc) is 3.32. The molecule has 1 amide bonds. The van der Waals surface area contributed by atoms with Gasteiger partial charge in [-0.3, -0.25) is 4.79 Å². The molecule has 5 heteroatoms. The SMILES string of the molecule is O=C(c1cc(-c2ccccc2)nn1-c1cccc(Cl)c1)N1CCCC1. The summed E-state index contributed by atoms with van der Waals surface area (Å²) in [6.45, 7) is 1.61. The van der Waals surface area contributed by atoms with Crippen molar-refractivity contribution in [2.75, 3.05) is 13.1 Å². The molecule has 0 radical (unpaired) electrons. The van der Waals surface area contributed by atoms with Crippen LogP contribution >= 0.6 is 11.6 Å². The fourth-order valence-electron chi connectivity index (χ4n) is 3.17. The summed E-state index contributed by atoms with van der Waals surface area (Å²) in [6.07, 6.45) is 2.12. The Hall–Kier alpha value is -2.59. The van der Waals surface area contributed by atoms with Crippen LogP contribution < -0.4 is 0 Å². The van der Waals surface area contributed by atoms with Gasteiger partial charge in [0, 0.05) is 23.7 Å². The maximum Gasteiger partial charge on any atom is 0.272 e. The lowest BCUT2D eigenvalue weighted by atomic mass is 10.1. The minimum absolute atomic E-state index is 0.0205. The number of benzene rings is 2. The third kappa shape index (κ3) is 3.17. The average molecular weight is 352 g/mol. The Bertz CT molecular complexity index is 898. The van der Waals surface area contributed by atoms with Crippen LogP contribution in [0.25, 0.3) is 16.9 Å². The molecule has 0 unspecified atom stereocenters. The zero-order valence-corrected chi connectivity index (χ0v) is 14.5. The third-order valence-corrected chi connectivity index (χ3v) is 4.68. The molecular formula is C20H18ClN3O. The van der Waals surface area contributed by atoms with Crippen molar-refractivity contribution in [1.82, 2.24) is 14.7 Å². The molecule has 0 aliphatic carbocycles. The molecule has 1 aliphatic rings. The summed E-state index contributed by atoms with van der Waals surface area (Å²) in [4.78, 5) is 14.9. The quantitative estimate of drug-likeness (QED) is 0.700. The molecule has 2 heterocycles. The Labute approximate surface area is 151 Å². The predicted molar refractivity (Wildman–Crippen MR) is 99.1 cm³/mol. The topological polar surface area (TPSA) is 38.1 Å². The van der Waals surface area contributed by atoms with Crippen molar-refractivity contribution in [2.24, 2.45) is 0 Å². The van der Waals surface area contributed by atoms with E-state index in [-0.39, 0.29) is 5.91 Å². The van der Waals surface area contributed by atoms with Gasteiger partial charge in [0.25, 0.3) is 5.91 Å². The highest BCUT2D eigenvalue weighted by molar-refractivity contribution is 6.30. The summed E-state index contributed by atoms with van der Waals surface area (Å²) in [6, 6.07) is 19.2. The van der Waals surface area contributed by atoms with E-state index in [0.29, 0.717) is 10.7 Å². The Balaban J connectivity index is 1.82. The van der Waals surface area contributed by atoms with Gasteiger partial charge in [-0.2, -0.15) is 5.10 Å². The number of carbonyl (C=O) groups is 1. The van der Waals surface area contributed by atoms with Gasteiger partial charge in [-0.1, -0.05) is 48.0 Å². The van der Waals surface area contributed by atoms with Crippen LogP contribution in [0.2, 0.25) is 5.02 Å². The highest BCUT2D eigenvalue weighted by atomic mass is 35.5. The van der Waals surface area contributed by atoms with Crippen molar-refractivity contribution in [3.63, 3.8) is 0 Å². The Morgan fingerprint density at radius 1 is 0.960 bits per heavy atom. The molecule has 1 aliphatic heterocycles. The van der Waals surface area contributed by atoms with Crippen molar-refractivity contribution in [3.8, 4) is 16.9 Å².